The van der Waals surface area contributed by atoms with Crippen molar-refractivity contribution in [3.05, 3.63) is 16.4 Å². The Balaban J connectivity index is 1.77. The summed E-state index contributed by atoms with van der Waals surface area (Å²) in [6, 6.07) is 0.379. The molecular formula is C12H18N6O3. The van der Waals surface area contributed by atoms with Gasteiger partial charge in [-0.25, -0.2) is 9.97 Å². The zero-order valence-corrected chi connectivity index (χ0v) is 11.6. The summed E-state index contributed by atoms with van der Waals surface area (Å²) < 4.78 is 5.36. The van der Waals surface area contributed by atoms with Gasteiger partial charge in [0.1, 0.15) is 6.33 Å². The minimum Gasteiger partial charge on any atom is -0.379 e. The molecule has 0 radical (unpaired) electrons. The van der Waals surface area contributed by atoms with Crippen LogP contribution in [0.2, 0.25) is 0 Å². The van der Waals surface area contributed by atoms with E-state index in [-0.39, 0.29) is 11.5 Å². The Morgan fingerprint density at radius 2 is 2.10 bits per heavy atom. The largest absolute Gasteiger partial charge is 0.379 e. The maximum Gasteiger partial charge on any atom is 0.353 e. The lowest BCUT2D eigenvalue weighted by Gasteiger charge is -2.32. The van der Waals surface area contributed by atoms with Crippen LogP contribution in [-0.4, -0.2) is 65.2 Å². The van der Waals surface area contributed by atoms with Crippen LogP contribution in [0.5, 0.6) is 0 Å². The zero-order valence-electron chi connectivity index (χ0n) is 11.6. The number of hydrogen-bond acceptors (Lipinski definition) is 8. The van der Waals surface area contributed by atoms with E-state index in [1.807, 2.05) is 4.90 Å². The lowest BCUT2D eigenvalue weighted by Crippen LogP contribution is -2.44. The molecule has 1 aromatic rings. The van der Waals surface area contributed by atoms with Crippen LogP contribution in [0.4, 0.5) is 17.3 Å². The fourth-order valence-electron chi connectivity index (χ4n) is 2.96. The van der Waals surface area contributed by atoms with Crippen molar-refractivity contribution < 1.29 is 9.66 Å². The molecule has 3 rings (SSSR count). The molecule has 1 atom stereocenters. The molecular weight excluding hydrogens is 276 g/mol. The van der Waals surface area contributed by atoms with Gasteiger partial charge in [0, 0.05) is 32.2 Å². The van der Waals surface area contributed by atoms with Gasteiger partial charge >= 0.3 is 5.69 Å². The lowest BCUT2D eigenvalue weighted by atomic mass is 10.2. The Kier molecular flexibility index (Phi) is 3.84. The third-order valence-corrected chi connectivity index (χ3v) is 4.04. The van der Waals surface area contributed by atoms with E-state index in [0.29, 0.717) is 11.9 Å². The van der Waals surface area contributed by atoms with Gasteiger partial charge < -0.3 is 15.4 Å². The summed E-state index contributed by atoms with van der Waals surface area (Å²) in [6.45, 7) is 4.77. The summed E-state index contributed by atoms with van der Waals surface area (Å²) in [7, 11) is 0. The van der Waals surface area contributed by atoms with Gasteiger partial charge in [0.25, 0.3) is 0 Å². The summed E-state index contributed by atoms with van der Waals surface area (Å²) in [5.74, 6) is 0.239. The van der Waals surface area contributed by atoms with Crippen molar-refractivity contribution in [2.24, 2.45) is 0 Å². The molecule has 2 saturated heterocycles. The van der Waals surface area contributed by atoms with Crippen LogP contribution in [0.15, 0.2) is 6.33 Å². The number of nitrogens with two attached hydrogens (primary N) is 1. The molecule has 2 fully saturated rings. The van der Waals surface area contributed by atoms with E-state index in [2.05, 4.69) is 14.9 Å². The predicted octanol–water partition coefficient (Wildman–Crippen LogP) is -0.122. The molecule has 0 amide bonds. The van der Waals surface area contributed by atoms with Crippen LogP contribution < -0.4 is 10.6 Å². The van der Waals surface area contributed by atoms with E-state index < -0.39 is 4.92 Å². The van der Waals surface area contributed by atoms with Crippen LogP contribution in [0.25, 0.3) is 0 Å². The van der Waals surface area contributed by atoms with Gasteiger partial charge in [-0.1, -0.05) is 0 Å². The molecule has 9 heteroatoms. The molecule has 114 valence electrons. The topological polar surface area (TPSA) is 111 Å². The minimum absolute atomic E-state index is 0.0835. The number of hydrogen-bond donors (Lipinski definition) is 1. The highest BCUT2D eigenvalue weighted by atomic mass is 16.6. The molecule has 3 heterocycles. The van der Waals surface area contributed by atoms with Gasteiger partial charge in [0.2, 0.25) is 11.6 Å². The second-order valence-electron chi connectivity index (χ2n) is 5.23. The van der Waals surface area contributed by atoms with Gasteiger partial charge in [-0.05, 0) is 6.42 Å². The highest BCUT2D eigenvalue weighted by Crippen LogP contribution is 2.32. The van der Waals surface area contributed by atoms with Crippen molar-refractivity contribution in [2.75, 3.05) is 50.0 Å². The first kappa shape index (κ1) is 14.0. The molecule has 0 aromatic carbocycles. The maximum absolute atomic E-state index is 11.2. The predicted molar refractivity (Wildman–Crippen MR) is 76.1 cm³/mol. The summed E-state index contributed by atoms with van der Waals surface area (Å²) in [5.41, 5.74) is 5.43. The average molecular weight is 294 g/mol. The van der Waals surface area contributed by atoms with E-state index in [1.54, 1.807) is 0 Å². The van der Waals surface area contributed by atoms with E-state index >= 15 is 0 Å². The molecule has 0 bridgehead atoms. The van der Waals surface area contributed by atoms with E-state index in [9.17, 15) is 10.1 Å². The SMILES string of the molecule is Nc1ncnc(N2CCC(N3CCOCC3)C2)c1[N+](=O)[O-]. The standard InChI is InChI=1S/C12H18N6O3/c13-11-10(18(19)20)12(15-8-14-11)17-2-1-9(7-17)16-3-5-21-6-4-16/h8-9H,1-7H2,(H2,13,14,15). The number of nitrogen functional groups attached to an aromatic ring is 1. The molecule has 21 heavy (non-hydrogen) atoms. The molecule has 2 N–H and O–H groups in total. The monoisotopic (exact) mass is 294 g/mol. The molecule has 0 aliphatic carbocycles. The molecule has 2 aliphatic rings. The second-order valence-corrected chi connectivity index (χ2v) is 5.23. The van der Waals surface area contributed by atoms with Crippen molar-refractivity contribution in [3.8, 4) is 0 Å². The lowest BCUT2D eigenvalue weighted by molar-refractivity contribution is -0.383. The van der Waals surface area contributed by atoms with Crippen molar-refractivity contribution in [2.45, 2.75) is 12.5 Å². The number of aromatic nitrogens is 2. The Morgan fingerprint density at radius 1 is 1.33 bits per heavy atom. The highest BCUT2D eigenvalue weighted by Gasteiger charge is 2.33. The van der Waals surface area contributed by atoms with Gasteiger partial charge in [-0.3, -0.25) is 15.0 Å². The number of anilines is 2. The van der Waals surface area contributed by atoms with Crippen LogP contribution in [0, 0.1) is 10.1 Å². The highest BCUT2D eigenvalue weighted by molar-refractivity contribution is 5.68. The molecule has 2 aliphatic heterocycles. The number of nitro groups is 1. The van der Waals surface area contributed by atoms with Crippen molar-refractivity contribution in [1.29, 1.82) is 0 Å². The summed E-state index contributed by atoms with van der Waals surface area (Å²) in [6.07, 6.45) is 2.24. The number of rotatable bonds is 3. The Morgan fingerprint density at radius 3 is 2.81 bits per heavy atom. The number of nitrogens with zero attached hydrogens (tertiary/aromatic N) is 5. The van der Waals surface area contributed by atoms with Crippen LogP contribution in [0.3, 0.4) is 0 Å². The zero-order chi connectivity index (χ0) is 14.8. The maximum atomic E-state index is 11.2. The Hall–Kier alpha value is -2.00. The number of ether oxygens (including phenoxy) is 1. The molecule has 1 unspecified atom stereocenters. The third-order valence-electron chi connectivity index (χ3n) is 4.04. The summed E-state index contributed by atoms with van der Waals surface area (Å²) >= 11 is 0. The van der Waals surface area contributed by atoms with Gasteiger partial charge in [0.15, 0.2) is 0 Å². The van der Waals surface area contributed by atoms with Crippen LogP contribution >= 0.6 is 0 Å². The van der Waals surface area contributed by atoms with Gasteiger partial charge in [-0.15, -0.1) is 0 Å². The smallest absolute Gasteiger partial charge is 0.353 e. The van der Waals surface area contributed by atoms with E-state index in [0.717, 1.165) is 45.8 Å². The molecule has 1 aromatic heterocycles. The van der Waals surface area contributed by atoms with Gasteiger partial charge in [0.05, 0.1) is 18.1 Å². The normalized spacial score (nSPS) is 23.4. The Labute approximate surface area is 121 Å². The summed E-state index contributed by atoms with van der Waals surface area (Å²) in [5, 5.41) is 11.2. The van der Waals surface area contributed by atoms with Crippen LogP contribution in [-0.2, 0) is 4.74 Å². The first-order chi connectivity index (χ1) is 10.2. The minimum atomic E-state index is -0.507. The van der Waals surface area contributed by atoms with Crippen molar-refractivity contribution >= 4 is 17.3 Å². The van der Waals surface area contributed by atoms with Crippen molar-refractivity contribution in [1.82, 2.24) is 14.9 Å². The number of morpholine rings is 1. The molecule has 0 saturated carbocycles. The molecule has 9 nitrogen and oxygen atoms in total. The quantitative estimate of drug-likeness (QED) is 0.606. The third kappa shape index (κ3) is 2.74. The first-order valence-electron chi connectivity index (χ1n) is 6.98. The fraction of sp³-hybridized carbons (Fsp3) is 0.667. The fourth-order valence-corrected chi connectivity index (χ4v) is 2.96. The molecule has 0 spiro atoms. The first-order valence-corrected chi connectivity index (χ1v) is 6.98. The average Bonchev–Trinajstić information content (AvgIpc) is 2.97. The van der Waals surface area contributed by atoms with E-state index in [1.165, 1.54) is 6.33 Å². The Bertz CT molecular complexity index is 534. The summed E-state index contributed by atoms with van der Waals surface area (Å²) in [4.78, 5) is 22.8. The van der Waals surface area contributed by atoms with Crippen molar-refractivity contribution in [3.63, 3.8) is 0 Å². The second kappa shape index (κ2) is 5.78. The van der Waals surface area contributed by atoms with Crippen LogP contribution in [0.1, 0.15) is 6.42 Å². The van der Waals surface area contributed by atoms with Gasteiger partial charge in [-0.2, -0.15) is 0 Å². The van der Waals surface area contributed by atoms with E-state index in [4.69, 9.17) is 10.5 Å².